The largest absolute Gasteiger partial charge is 0.162 e. The van der Waals surface area contributed by atoms with Crippen molar-refractivity contribution in [2.24, 2.45) is 11.7 Å². The van der Waals surface area contributed by atoms with E-state index < -0.39 is 4.86 Å². The van der Waals surface area contributed by atoms with Crippen molar-refractivity contribution in [1.29, 1.82) is 0 Å². The number of nitrogens with zero attached hydrogens (tertiary/aromatic N) is 1. The van der Waals surface area contributed by atoms with Gasteiger partial charge in [-0.25, -0.2) is 0 Å². The third kappa shape index (κ3) is 5.84. The van der Waals surface area contributed by atoms with Crippen LogP contribution < -0.4 is 11.7 Å². The molecule has 0 aliphatic carbocycles. The van der Waals surface area contributed by atoms with Crippen molar-refractivity contribution in [1.82, 2.24) is 0 Å². The van der Waals surface area contributed by atoms with Crippen molar-refractivity contribution in [3.05, 3.63) is 0 Å². The average Bonchev–Trinajstić information content (AvgIpc) is 1.59. The highest BCUT2D eigenvalue weighted by Crippen LogP contribution is 1.84. The molecule has 50 valence electrons. The topological polar surface area (TPSA) is 61.3 Å². The maximum atomic E-state index is 5.21. The monoisotopic (exact) mass is 120 g/mol. The minimum Gasteiger partial charge on any atom is -0.162 e. The van der Waals surface area contributed by atoms with E-state index >= 15 is 0 Å². The molecular weight excluding hydrogens is 106 g/mol. The molecule has 4 N–H and O–H groups in total. The molecule has 0 aromatic carbocycles. The van der Waals surface area contributed by atoms with Gasteiger partial charge in [0.25, 0.3) is 0 Å². The van der Waals surface area contributed by atoms with Crippen molar-refractivity contribution in [3.63, 3.8) is 0 Å². The highest BCUT2D eigenvalue weighted by atomic mass is 16.8. The highest BCUT2D eigenvalue weighted by Gasteiger charge is 2.07. The Morgan fingerprint density at radius 1 is 1.50 bits per heavy atom. The smallest absolute Gasteiger partial charge is 0.138 e. The predicted molar refractivity (Wildman–Crippen MR) is 30.8 cm³/mol. The molecule has 0 aromatic heterocycles. The van der Waals surface area contributed by atoms with Gasteiger partial charge in [-0.05, 0) is 11.3 Å². The summed E-state index contributed by atoms with van der Waals surface area (Å²) in [6, 6.07) is 0. The molecule has 0 radical (unpaired) electrons. The van der Waals surface area contributed by atoms with E-state index in [1.807, 2.05) is 6.92 Å². The van der Waals surface area contributed by atoms with E-state index in [2.05, 4.69) is 0 Å². The maximum absolute atomic E-state index is 5.21. The Morgan fingerprint density at radius 2 is 2.00 bits per heavy atom. The van der Waals surface area contributed by atoms with Gasteiger partial charge in [-0.1, -0.05) is 6.92 Å². The molecule has 0 rings (SSSR count). The van der Waals surface area contributed by atoms with Gasteiger partial charge in [0.1, 0.15) is 13.7 Å². The summed E-state index contributed by atoms with van der Waals surface area (Å²) in [5.41, 5.74) is 0. The van der Waals surface area contributed by atoms with Crippen LogP contribution in [0.1, 0.15) is 13.3 Å². The normalized spacial score (nSPS) is 12.0. The SMILES string of the molecule is CCCO[N+](C)(N)N. The Balaban J connectivity index is 3.11. The van der Waals surface area contributed by atoms with E-state index in [1.165, 1.54) is 0 Å². The summed E-state index contributed by atoms with van der Waals surface area (Å²) >= 11 is 0. The van der Waals surface area contributed by atoms with Crippen LogP contribution in [0.2, 0.25) is 0 Å². The quantitative estimate of drug-likeness (QED) is 0.300. The Morgan fingerprint density at radius 3 is 2.12 bits per heavy atom. The minimum absolute atomic E-state index is 0.395. The van der Waals surface area contributed by atoms with Crippen LogP contribution in [-0.4, -0.2) is 18.5 Å². The van der Waals surface area contributed by atoms with Gasteiger partial charge in [0.05, 0.1) is 0 Å². The predicted octanol–water partition coefficient (Wildman–Crippen LogP) is -0.478. The van der Waals surface area contributed by atoms with Crippen molar-refractivity contribution < 1.29 is 9.70 Å². The van der Waals surface area contributed by atoms with Crippen LogP contribution in [0.5, 0.6) is 0 Å². The summed E-state index contributed by atoms with van der Waals surface area (Å²) in [6.45, 7) is 2.60. The molecule has 0 aromatic rings. The zero-order valence-electron chi connectivity index (χ0n) is 5.42. The molecule has 0 amide bonds. The molecular formula is C4H14N3O+. The van der Waals surface area contributed by atoms with Gasteiger partial charge in [0.15, 0.2) is 0 Å². The maximum Gasteiger partial charge on any atom is 0.138 e. The number of hydroxylamine groups is 1. The molecule has 4 nitrogen and oxygen atoms in total. The fraction of sp³-hybridized carbons (Fsp3) is 1.00. The van der Waals surface area contributed by atoms with E-state index in [1.54, 1.807) is 7.05 Å². The van der Waals surface area contributed by atoms with E-state index in [0.717, 1.165) is 6.42 Å². The fourth-order valence-corrected chi connectivity index (χ4v) is 0.288. The summed E-state index contributed by atoms with van der Waals surface area (Å²) in [5.74, 6) is 10.4. The molecule has 0 fully saturated rings. The lowest BCUT2D eigenvalue weighted by Gasteiger charge is -2.16. The van der Waals surface area contributed by atoms with Crippen LogP contribution in [0.15, 0.2) is 0 Å². The first-order chi connectivity index (χ1) is 3.56. The first-order valence-corrected chi connectivity index (χ1v) is 2.64. The zero-order valence-corrected chi connectivity index (χ0v) is 5.42. The summed E-state index contributed by atoms with van der Waals surface area (Å²) < 4.78 is 0. The number of quaternary nitrogens is 1. The second-order valence-electron chi connectivity index (χ2n) is 1.89. The lowest BCUT2D eigenvalue weighted by molar-refractivity contribution is -1.11. The van der Waals surface area contributed by atoms with Crippen molar-refractivity contribution in [3.8, 4) is 0 Å². The number of nitrogens with two attached hydrogens (primary N) is 2. The molecule has 0 heterocycles. The van der Waals surface area contributed by atoms with Crippen LogP contribution in [0, 0.1) is 0 Å². The van der Waals surface area contributed by atoms with Crippen LogP contribution in [0.25, 0.3) is 0 Å². The van der Waals surface area contributed by atoms with E-state index in [4.69, 9.17) is 16.5 Å². The Kier molecular flexibility index (Phi) is 2.93. The molecule has 0 spiro atoms. The van der Waals surface area contributed by atoms with E-state index in [0.29, 0.717) is 6.61 Å². The first kappa shape index (κ1) is 7.84. The van der Waals surface area contributed by atoms with Gasteiger partial charge in [-0.2, -0.15) is 4.84 Å². The third-order valence-electron chi connectivity index (χ3n) is 0.574. The average molecular weight is 120 g/mol. The Bertz CT molecular complexity index is 58.8. The summed E-state index contributed by atoms with van der Waals surface area (Å²) in [7, 11) is 1.57. The first-order valence-electron chi connectivity index (χ1n) is 2.64. The Labute approximate surface area is 49.5 Å². The van der Waals surface area contributed by atoms with Crippen LogP contribution in [0.3, 0.4) is 0 Å². The summed E-state index contributed by atoms with van der Waals surface area (Å²) in [4.78, 5) is 4.48. The fourth-order valence-electron chi connectivity index (χ4n) is 0.288. The molecule has 0 atom stereocenters. The molecule has 0 aliphatic heterocycles. The molecule has 8 heavy (non-hydrogen) atoms. The van der Waals surface area contributed by atoms with Crippen LogP contribution >= 0.6 is 0 Å². The van der Waals surface area contributed by atoms with Gasteiger partial charge in [0, 0.05) is 0 Å². The second-order valence-corrected chi connectivity index (χ2v) is 1.89. The molecule has 0 bridgehead atoms. The summed E-state index contributed by atoms with van der Waals surface area (Å²) in [5, 5.41) is 0. The molecule has 0 saturated carbocycles. The van der Waals surface area contributed by atoms with Crippen molar-refractivity contribution >= 4 is 0 Å². The van der Waals surface area contributed by atoms with E-state index in [9.17, 15) is 0 Å². The van der Waals surface area contributed by atoms with Crippen LogP contribution in [0.4, 0.5) is 0 Å². The highest BCUT2D eigenvalue weighted by molar-refractivity contribution is 4.13. The number of hydrogen-bond donors (Lipinski definition) is 2. The lowest BCUT2D eigenvalue weighted by atomic mass is 10.5. The lowest BCUT2D eigenvalue weighted by Crippen LogP contribution is -2.56. The zero-order chi connectivity index (χ0) is 6.62. The molecule has 0 saturated heterocycles. The van der Waals surface area contributed by atoms with Gasteiger partial charge >= 0.3 is 0 Å². The van der Waals surface area contributed by atoms with Gasteiger partial charge in [-0.3, -0.25) is 0 Å². The number of rotatable bonds is 3. The Hall–Kier alpha value is -0.160. The van der Waals surface area contributed by atoms with Gasteiger partial charge < -0.3 is 0 Å². The second kappa shape index (κ2) is 2.99. The minimum atomic E-state index is -0.395. The van der Waals surface area contributed by atoms with Gasteiger partial charge in [0.2, 0.25) is 0 Å². The summed E-state index contributed by atoms with van der Waals surface area (Å²) in [6.07, 6.45) is 0.933. The van der Waals surface area contributed by atoms with E-state index in [-0.39, 0.29) is 0 Å². The molecule has 0 unspecified atom stereocenters. The van der Waals surface area contributed by atoms with Gasteiger partial charge in [-0.15, -0.1) is 11.7 Å². The van der Waals surface area contributed by atoms with Crippen molar-refractivity contribution in [2.75, 3.05) is 13.7 Å². The molecule has 0 aliphatic rings. The van der Waals surface area contributed by atoms with Crippen molar-refractivity contribution in [2.45, 2.75) is 13.3 Å². The third-order valence-corrected chi connectivity index (χ3v) is 0.574. The standard InChI is InChI=1S/C4H14N3O/c1-3-4-8-7(2,5)6/h3-6H2,1-2H3/q+1. The van der Waals surface area contributed by atoms with Crippen LogP contribution in [-0.2, 0) is 4.84 Å². The molecule has 4 heteroatoms. The number of hydrogen-bond acceptors (Lipinski definition) is 3.